The molecule has 3 atom stereocenters. The molecule has 0 bridgehead atoms. The molecule has 2 rings (SSSR count). The van der Waals surface area contributed by atoms with Gasteiger partial charge in [0.05, 0.1) is 25.1 Å². The zero-order chi connectivity index (χ0) is 24.8. The van der Waals surface area contributed by atoms with E-state index in [1.165, 1.54) is 60.2 Å². The van der Waals surface area contributed by atoms with E-state index in [0.29, 0.717) is 5.69 Å². The molecule has 2 N–H and O–H groups in total. The van der Waals surface area contributed by atoms with Crippen molar-refractivity contribution in [2.75, 3.05) is 39.2 Å². The zero-order valence-electron chi connectivity index (χ0n) is 19.5. The number of carbonyl (C=O) groups excluding carboxylic acids is 1. The minimum atomic E-state index is -3.81. The Morgan fingerprint density at radius 2 is 1.91 bits per heavy atom. The van der Waals surface area contributed by atoms with Crippen LogP contribution in [0.2, 0.25) is 0 Å². The van der Waals surface area contributed by atoms with Crippen LogP contribution in [0, 0.1) is 11.7 Å². The van der Waals surface area contributed by atoms with Gasteiger partial charge in [-0.15, -0.1) is 0 Å². The summed E-state index contributed by atoms with van der Waals surface area (Å²) in [4.78, 5) is 18.2. The summed E-state index contributed by atoms with van der Waals surface area (Å²) in [5, 5.41) is 12.3. The van der Waals surface area contributed by atoms with Crippen molar-refractivity contribution in [1.82, 2.24) is 18.8 Å². The van der Waals surface area contributed by atoms with Crippen LogP contribution in [-0.4, -0.2) is 84.3 Å². The van der Waals surface area contributed by atoms with Crippen LogP contribution in [0.4, 0.5) is 14.9 Å². The SMILES string of the molecule is CO[C@H](CN(C)S(=O)(=O)c1cn(C)cn1)[C@@H](C)CN(C(=O)Nc1ccc(F)cc1)[C@H](C)CO. The van der Waals surface area contributed by atoms with Crippen LogP contribution in [0.3, 0.4) is 0 Å². The van der Waals surface area contributed by atoms with Crippen molar-refractivity contribution in [3.05, 3.63) is 42.6 Å². The number of rotatable bonds is 11. The fourth-order valence-corrected chi connectivity index (χ4v) is 4.38. The van der Waals surface area contributed by atoms with Crippen molar-refractivity contribution < 1.29 is 27.4 Å². The van der Waals surface area contributed by atoms with Gasteiger partial charge in [-0.3, -0.25) is 0 Å². The number of anilines is 1. The number of imidazole rings is 1. The molecular weight excluding hydrogens is 453 g/mol. The van der Waals surface area contributed by atoms with E-state index >= 15 is 0 Å². The third-order valence-electron chi connectivity index (χ3n) is 5.37. The summed E-state index contributed by atoms with van der Waals surface area (Å²) < 4.78 is 47.0. The van der Waals surface area contributed by atoms with Crippen molar-refractivity contribution in [2.24, 2.45) is 13.0 Å². The summed E-state index contributed by atoms with van der Waals surface area (Å²) in [6, 6.07) is 4.36. The molecule has 33 heavy (non-hydrogen) atoms. The van der Waals surface area contributed by atoms with Crippen LogP contribution < -0.4 is 5.32 Å². The van der Waals surface area contributed by atoms with Crippen LogP contribution in [0.5, 0.6) is 0 Å². The first-order valence-electron chi connectivity index (χ1n) is 10.4. The number of aryl methyl sites for hydroxylation is 1. The van der Waals surface area contributed by atoms with Crippen molar-refractivity contribution in [1.29, 1.82) is 0 Å². The molecule has 12 heteroatoms. The summed E-state index contributed by atoms with van der Waals surface area (Å²) in [5.74, 6) is -0.709. The molecule has 0 spiro atoms. The van der Waals surface area contributed by atoms with Gasteiger partial charge in [-0.05, 0) is 31.2 Å². The largest absolute Gasteiger partial charge is 0.394 e. The molecule has 1 aromatic carbocycles. The van der Waals surface area contributed by atoms with E-state index < -0.39 is 34.0 Å². The van der Waals surface area contributed by atoms with Gasteiger partial charge in [0.15, 0.2) is 5.03 Å². The molecule has 1 heterocycles. The molecule has 10 nitrogen and oxygen atoms in total. The number of likely N-dealkylation sites (N-methyl/N-ethyl adjacent to an activating group) is 1. The summed E-state index contributed by atoms with van der Waals surface area (Å²) in [6.45, 7) is 3.48. The number of sulfonamides is 1. The number of aliphatic hydroxyl groups excluding tert-OH is 1. The lowest BCUT2D eigenvalue weighted by atomic mass is 10.0. The molecule has 0 aliphatic heterocycles. The average Bonchev–Trinajstić information content (AvgIpc) is 3.23. The van der Waals surface area contributed by atoms with Crippen LogP contribution in [0.15, 0.2) is 41.8 Å². The monoisotopic (exact) mass is 485 g/mol. The van der Waals surface area contributed by atoms with Gasteiger partial charge >= 0.3 is 6.03 Å². The molecule has 0 aliphatic rings. The van der Waals surface area contributed by atoms with Gasteiger partial charge in [-0.1, -0.05) is 6.92 Å². The minimum Gasteiger partial charge on any atom is -0.394 e. The predicted molar refractivity (Wildman–Crippen MR) is 122 cm³/mol. The number of ether oxygens (including phenoxy) is 1. The molecule has 1 aromatic heterocycles. The Morgan fingerprint density at radius 1 is 1.27 bits per heavy atom. The molecule has 0 aliphatic carbocycles. The number of methoxy groups -OCH3 is 1. The van der Waals surface area contributed by atoms with Gasteiger partial charge in [-0.25, -0.2) is 22.6 Å². The molecule has 0 saturated carbocycles. The van der Waals surface area contributed by atoms with Crippen molar-refractivity contribution in [3.63, 3.8) is 0 Å². The standard InChI is InChI=1S/C21H32FN5O5S/c1-15(19(32-5)11-26(4)33(30,31)20-12-25(3)14-23-20)10-27(16(2)13-28)21(29)24-18-8-6-17(22)7-9-18/h6-9,12,14-16,19,28H,10-11,13H2,1-5H3,(H,24,29)/t15-,16+,19+/m0/s1. The van der Waals surface area contributed by atoms with E-state index in [4.69, 9.17) is 4.74 Å². The van der Waals surface area contributed by atoms with Crippen LogP contribution in [0.1, 0.15) is 13.8 Å². The average molecular weight is 486 g/mol. The second kappa shape index (κ2) is 11.5. The first-order valence-corrected chi connectivity index (χ1v) is 11.8. The van der Waals surface area contributed by atoms with Gasteiger partial charge in [0, 0.05) is 52.1 Å². The van der Waals surface area contributed by atoms with E-state index in [1.807, 2.05) is 6.92 Å². The number of hydrogen-bond acceptors (Lipinski definition) is 6. The predicted octanol–water partition coefficient (Wildman–Crippen LogP) is 1.75. The maximum atomic E-state index is 13.1. The second-order valence-corrected chi connectivity index (χ2v) is 10.0. The molecule has 0 saturated heterocycles. The summed E-state index contributed by atoms with van der Waals surface area (Å²) in [7, 11) is 0.787. The Labute approximate surface area is 194 Å². The maximum Gasteiger partial charge on any atom is 0.322 e. The quantitative estimate of drug-likeness (QED) is 0.501. The lowest BCUT2D eigenvalue weighted by Gasteiger charge is -2.34. The number of halogens is 1. The first-order chi connectivity index (χ1) is 15.5. The van der Waals surface area contributed by atoms with E-state index in [1.54, 1.807) is 18.5 Å². The molecular formula is C21H32FN5O5S. The molecule has 2 aromatic rings. The topological polar surface area (TPSA) is 117 Å². The van der Waals surface area contributed by atoms with Crippen LogP contribution in [-0.2, 0) is 21.8 Å². The van der Waals surface area contributed by atoms with E-state index in [-0.39, 0.29) is 30.6 Å². The number of benzene rings is 1. The molecule has 0 unspecified atom stereocenters. The summed E-state index contributed by atoms with van der Waals surface area (Å²) in [6.07, 6.45) is 2.28. The first kappa shape index (κ1) is 26.7. The second-order valence-electron chi connectivity index (χ2n) is 8.04. The Bertz CT molecular complexity index is 1010. The third-order valence-corrected chi connectivity index (χ3v) is 7.08. The molecule has 2 amide bonds. The molecule has 184 valence electrons. The Morgan fingerprint density at radius 3 is 2.42 bits per heavy atom. The highest BCUT2D eigenvalue weighted by atomic mass is 32.2. The summed E-state index contributed by atoms with van der Waals surface area (Å²) in [5.41, 5.74) is 0.411. The highest BCUT2D eigenvalue weighted by molar-refractivity contribution is 7.89. The third kappa shape index (κ3) is 6.97. The lowest BCUT2D eigenvalue weighted by molar-refractivity contribution is 0.0305. The normalized spacial score (nSPS) is 14.7. The van der Waals surface area contributed by atoms with Crippen LogP contribution >= 0.6 is 0 Å². The fourth-order valence-electron chi connectivity index (χ4n) is 3.24. The highest BCUT2D eigenvalue weighted by Crippen LogP contribution is 2.18. The maximum absolute atomic E-state index is 13.1. The smallest absolute Gasteiger partial charge is 0.322 e. The van der Waals surface area contributed by atoms with Gasteiger partial charge in [-0.2, -0.15) is 4.31 Å². The molecule has 0 fully saturated rings. The summed E-state index contributed by atoms with van der Waals surface area (Å²) >= 11 is 0. The van der Waals surface area contributed by atoms with Crippen molar-refractivity contribution in [2.45, 2.75) is 31.0 Å². The number of aliphatic hydroxyl groups is 1. The number of amides is 2. The highest BCUT2D eigenvalue weighted by Gasteiger charge is 2.31. The van der Waals surface area contributed by atoms with Crippen molar-refractivity contribution in [3.8, 4) is 0 Å². The van der Waals surface area contributed by atoms with E-state index in [9.17, 15) is 22.7 Å². The minimum absolute atomic E-state index is 0.0392. The number of hydrogen-bond donors (Lipinski definition) is 2. The number of carbonyl (C=O) groups is 1. The zero-order valence-corrected chi connectivity index (χ0v) is 20.3. The number of aromatic nitrogens is 2. The van der Waals surface area contributed by atoms with Gasteiger partial charge in [0.2, 0.25) is 0 Å². The van der Waals surface area contributed by atoms with Gasteiger partial charge < -0.3 is 24.6 Å². The fraction of sp³-hybridized carbons (Fsp3) is 0.524. The Hall–Kier alpha value is -2.54. The lowest BCUT2D eigenvalue weighted by Crippen LogP contribution is -2.48. The number of urea groups is 1. The van der Waals surface area contributed by atoms with Gasteiger partial charge in [0.1, 0.15) is 5.82 Å². The Kier molecular flexibility index (Phi) is 9.35. The van der Waals surface area contributed by atoms with Crippen LogP contribution in [0.25, 0.3) is 0 Å². The number of nitrogens with one attached hydrogen (secondary N) is 1. The Balaban J connectivity index is 2.11. The van der Waals surface area contributed by atoms with E-state index in [2.05, 4.69) is 10.3 Å². The van der Waals surface area contributed by atoms with E-state index in [0.717, 1.165) is 0 Å². The van der Waals surface area contributed by atoms with Gasteiger partial charge in [0.25, 0.3) is 10.0 Å². The molecule has 0 radical (unpaired) electrons. The van der Waals surface area contributed by atoms with Crippen molar-refractivity contribution >= 4 is 21.7 Å². The number of nitrogens with zero attached hydrogens (tertiary/aromatic N) is 4.